The zero-order chi connectivity index (χ0) is 21.3. The fourth-order valence-corrected chi connectivity index (χ4v) is 6.32. The van der Waals surface area contributed by atoms with E-state index in [1.807, 2.05) is 0 Å². The second kappa shape index (κ2) is 9.28. The van der Waals surface area contributed by atoms with Crippen LogP contribution in [0.25, 0.3) is 0 Å². The summed E-state index contributed by atoms with van der Waals surface area (Å²) in [6.07, 6.45) is 6.14. The highest BCUT2D eigenvalue weighted by molar-refractivity contribution is 7.99. The number of piperidine rings is 3. The Labute approximate surface area is 183 Å². The minimum atomic E-state index is 0.198. The molecule has 3 saturated heterocycles. The van der Waals surface area contributed by atoms with Crippen molar-refractivity contribution in [3.05, 3.63) is 11.7 Å². The lowest BCUT2D eigenvalue weighted by molar-refractivity contribution is -0.156. The van der Waals surface area contributed by atoms with Gasteiger partial charge in [0.25, 0.3) is 0 Å². The summed E-state index contributed by atoms with van der Waals surface area (Å²) in [5, 5.41) is 3.80. The quantitative estimate of drug-likeness (QED) is 0.655. The van der Waals surface area contributed by atoms with Gasteiger partial charge in [0.2, 0.25) is 17.7 Å². The number of carbonyl (C=O) groups excluding carboxylic acids is 2. The highest BCUT2D eigenvalue weighted by Crippen LogP contribution is 2.43. The van der Waals surface area contributed by atoms with Crippen LogP contribution >= 0.6 is 11.8 Å². The van der Waals surface area contributed by atoms with Crippen LogP contribution < -0.4 is 0 Å². The third kappa shape index (κ3) is 4.68. The van der Waals surface area contributed by atoms with Crippen molar-refractivity contribution >= 4 is 23.6 Å². The van der Waals surface area contributed by atoms with Crippen molar-refractivity contribution < 1.29 is 14.1 Å². The van der Waals surface area contributed by atoms with Gasteiger partial charge in [-0.2, -0.15) is 4.98 Å². The molecule has 1 aromatic rings. The summed E-state index contributed by atoms with van der Waals surface area (Å²) in [7, 11) is 0. The number of amides is 2. The van der Waals surface area contributed by atoms with Crippen LogP contribution in [-0.2, 0) is 15.3 Å². The molecule has 1 aromatic heterocycles. The van der Waals surface area contributed by atoms with E-state index in [9.17, 15) is 9.59 Å². The molecule has 2 bridgehead atoms. The molecule has 166 valence electrons. The molecule has 0 N–H and O–H groups in total. The predicted molar refractivity (Wildman–Crippen MR) is 116 cm³/mol. The Hall–Kier alpha value is -1.57. The molecule has 7 nitrogen and oxygen atoms in total. The Morgan fingerprint density at radius 1 is 1.30 bits per heavy atom. The average molecular weight is 435 g/mol. The molecule has 3 aliphatic rings. The van der Waals surface area contributed by atoms with Gasteiger partial charge in [-0.1, -0.05) is 19.0 Å². The molecule has 4 heterocycles. The van der Waals surface area contributed by atoms with Crippen molar-refractivity contribution in [1.82, 2.24) is 19.9 Å². The van der Waals surface area contributed by atoms with Gasteiger partial charge in [-0.25, -0.2) is 0 Å². The van der Waals surface area contributed by atoms with Crippen LogP contribution in [0.5, 0.6) is 0 Å². The van der Waals surface area contributed by atoms with Crippen molar-refractivity contribution in [2.24, 2.45) is 17.8 Å². The predicted octanol–water partition coefficient (Wildman–Crippen LogP) is 3.28. The number of rotatable bonds is 7. The van der Waals surface area contributed by atoms with Gasteiger partial charge < -0.3 is 14.3 Å². The second-order valence-electron chi connectivity index (χ2n) is 9.58. The third-order valence-electron chi connectivity index (χ3n) is 6.91. The molecule has 4 rings (SSSR count). The summed E-state index contributed by atoms with van der Waals surface area (Å²) in [6.45, 7) is 7.87. The molecule has 8 heteroatoms. The SMILES string of the molecule is Cc1noc(CSCC(=O)N2C[C@H]3C[C@@H](C2)[C@H](CCC(C)C)N2C(=O)CCC[C@@H]32)n1. The van der Waals surface area contributed by atoms with Gasteiger partial charge in [0.15, 0.2) is 5.82 Å². The summed E-state index contributed by atoms with van der Waals surface area (Å²) in [4.78, 5) is 34.3. The molecule has 0 aromatic carbocycles. The zero-order valence-corrected chi connectivity index (χ0v) is 19.2. The molecule has 3 fully saturated rings. The minimum Gasteiger partial charge on any atom is -0.341 e. The lowest BCUT2D eigenvalue weighted by atomic mass is 9.71. The number of hydrogen-bond donors (Lipinski definition) is 0. The van der Waals surface area contributed by atoms with Gasteiger partial charge in [0.1, 0.15) is 0 Å². The first-order chi connectivity index (χ1) is 14.4. The smallest absolute Gasteiger partial charge is 0.236 e. The van der Waals surface area contributed by atoms with Gasteiger partial charge in [0.05, 0.1) is 11.5 Å². The maximum Gasteiger partial charge on any atom is 0.236 e. The maximum absolute atomic E-state index is 13.0. The minimum absolute atomic E-state index is 0.198. The lowest BCUT2D eigenvalue weighted by Crippen LogP contribution is -2.65. The Kier molecular flexibility index (Phi) is 6.70. The lowest BCUT2D eigenvalue weighted by Gasteiger charge is -2.57. The summed E-state index contributed by atoms with van der Waals surface area (Å²) >= 11 is 1.54. The van der Waals surface area contributed by atoms with E-state index in [2.05, 4.69) is 33.8 Å². The number of fused-ring (bicyclic) bond motifs is 4. The Bertz CT molecular complexity index is 767. The summed E-state index contributed by atoms with van der Waals surface area (Å²) in [5.41, 5.74) is 0. The van der Waals surface area contributed by atoms with Crippen molar-refractivity contribution in [3.8, 4) is 0 Å². The van der Waals surface area contributed by atoms with E-state index in [1.54, 1.807) is 6.92 Å². The molecule has 4 atom stereocenters. The normalized spacial score (nSPS) is 28.7. The Balaban J connectivity index is 1.40. The molecule has 3 aliphatic heterocycles. The van der Waals surface area contributed by atoms with E-state index in [0.717, 1.165) is 45.2 Å². The number of hydrogen-bond acceptors (Lipinski definition) is 6. The Morgan fingerprint density at radius 3 is 2.83 bits per heavy atom. The molecule has 2 amide bonds. The molecular formula is C22H34N4O3S. The number of thioether (sulfide) groups is 1. The number of likely N-dealkylation sites (tertiary alicyclic amines) is 1. The van der Waals surface area contributed by atoms with Crippen LogP contribution in [0.3, 0.4) is 0 Å². The van der Waals surface area contributed by atoms with Crippen LogP contribution in [-0.4, -0.2) is 62.7 Å². The molecule has 0 aliphatic carbocycles. The molecule has 0 spiro atoms. The van der Waals surface area contributed by atoms with Crippen LogP contribution in [0.1, 0.15) is 64.1 Å². The fraction of sp³-hybridized carbons (Fsp3) is 0.818. The van der Waals surface area contributed by atoms with E-state index in [0.29, 0.717) is 65.4 Å². The van der Waals surface area contributed by atoms with Crippen LogP contribution in [0.4, 0.5) is 0 Å². The maximum atomic E-state index is 13.0. The highest BCUT2D eigenvalue weighted by Gasteiger charge is 2.49. The third-order valence-corrected chi connectivity index (χ3v) is 7.81. The van der Waals surface area contributed by atoms with Crippen LogP contribution in [0, 0.1) is 24.7 Å². The number of nitrogens with zero attached hydrogens (tertiary/aromatic N) is 4. The molecule has 30 heavy (non-hydrogen) atoms. The monoisotopic (exact) mass is 434 g/mol. The fourth-order valence-electron chi connectivity index (χ4n) is 5.57. The average Bonchev–Trinajstić information content (AvgIpc) is 3.13. The van der Waals surface area contributed by atoms with E-state index in [-0.39, 0.29) is 5.91 Å². The second-order valence-corrected chi connectivity index (χ2v) is 10.6. The summed E-state index contributed by atoms with van der Waals surface area (Å²) < 4.78 is 5.14. The molecule has 0 unspecified atom stereocenters. The van der Waals surface area contributed by atoms with Gasteiger partial charge in [0, 0.05) is 31.6 Å². The topological polar surface area (TPSA) is 79.5 Å². The van der Waals surface area contributed by atoms with Gasteiger partial charge in [-0.15, -0.1) is 11.8 Å². The first-order valence-electron chi connectivity index (χ1n) is 11.4. The molecule has 0 saturated carbocycles. The standard InChI is InChI=1S/C22H34N4O3S/c1-14(2)7-8-19-17-9-16(18-5-4-6-21(27)26(18)19)10-25(11-17)22(28)13-30-12-20-23-15(3)24-29-20/h14,16-19H,4-13H2,1-3H3/t16-,17+,18+,19+/m1/s1. The van der Waals surface area contributed by atoms with Crippen molar-refractivity contribution in [1.29, 1.82) is 0 Å². The molecule has 0 radical (unpaired) electrons. The number of carbonyl (C=O) groups is 2. The Morgan fingerprint density at radius 2 is 2.10 bits per heavy atom. The largest absolute Gasteiger partial charge is 0.341 e. The van der Waals surface area contributed by atoms with E-state index in [1.165, 1.54) is 11.8 Å². The van der Waals surface area contributed by atoms with Crippen LogP contribution in [0.2, 0.25) is 0 Å². The highest BCUT2D eigenvalue weighted by atomic mass is 32.2. The van der Waals surface area contributed by atoms with Gasteiger partial charge >= 0.3 is 0 Å². The van der Waals surface area contributed by atoms with Crippen molar-refractivity contribution in [2.75, 3.05) is 18.8 Å². The van der Waals surface area contributed by atoms with Gasteiger partial charge in [-0.05, 0) is 56.8 Å². The van der Waals surface area contributed by atoms with Gasteiger partial charge in [-0.3, -0.25) is 9.59 Å². The van der Waals surface area contributed by atoms with E-state index < -0.39 is 0 Å². The number of aryl methyl sites for hydroxylation is 1. The zero-order valence-electron chi connectivity index (χ0n) is 18.4. The summed E-state index contributed by atoms with van der Waals surface area (Å²) in [5.74, 6) is 4.21. The first-order valence-corrected chi connectivity index (χ1v) is 12.5. The van der Waals surface area contributed by atoms with Crippen molar-refractivity contribution in [2.45, 2.75) is 77.1 Å². The first kappa shape index (κ1) is 21.7. The van der Waals surface area contributed by atoms with Crippen molar-refractivity contribution in [3.63, 3.8) is 0 Å². The summed E-state index contributed by atoms with van der Waals surface area (Å²) in [6, 6.07) is 0.621. The van der Waals surface area contributed by atoms with E-state index >= 15 is 0 Å². The van der Waals surface area contributed by atoms with Crippen LogP contribution in [0.15, 0.2) is 4.52 Å². The molecular weight excluding hydrogens is 400 g/mol. The number of aromatic nitrogens is 2. The van der Waals surface area contributed by atoms with E-state index in [4.69, 9.17) is 4.52 Å².